The van der Waals surface area contributed by atoms with E-state index in [9.17, 15) is 24.0 Å². The van der Waals surface area contributed by atoms with Gasteiger partial charge in [0.1, 0.15) is 36.1 Å². The van der Waals surface area contributed by atoms with Gasteiger partial charge in [0.05, 0.1) is 12.7 Å². The van der Waals surface area contributed by atoms with E-state index < -0.39 is 41.2 Å². The molecule has 0 aromatic heterocycles. The Balaban J connectivity index is 1.52. The zero-order valence-corrected chi connectivity index (χ0v) is 22.6. The van der Waals surface area contributed by atoms with Gasteiger partial charge in [0.15, 0.2) is 11.5 Å². The van der Waals surface area contributed by atoms with Gasteiger partial charge >= 0.3 is 23.9 Å². The fourth-order valence-electron chi connectivity index (χ4n) is 3.96. The number of nitrogens with two attached hydrogens (primary N) is 1. The Morgan fingerprint density at radius 1 is 0.925 bits per heavy atom. The Bertz CT molecular complexity index is 1390. The minimum Gasteiger partial charge on any atom is -0.497 e. The van der Waals surface area contributed by atoms with Crippen LogP contribution in [0.3, 0.4) is 0 Å². The Morgan fingerprint density at radius 3 is 2.23 bits per heavy atom. The maximum atomic E-state index is 13.2. The van der Waals surface area contributed by atoms with Crippen molar-refractivity contribution in [2.75, 3.05) is 19.5 Å². The van der Waals surface area contributed by atoms with Crippen LogP contribution in [0.2, 0.25) is 0 Å². The van der Waals surface area contributed by atoms with Crippen molar-refractivity contribution in [1.29, 1.82) is 0 Å². The number of β-lactam (4-membered cyclic amide) rings is 1. The standard InChI is InChI=1S/C27H26N2O10S/c1-14(30)38-20-9-6-17(10-21(20)39-15(2)31)26(33)37-12-18-13-40-25-22(28)24(32)29(25)23(18)27(34)36-11-16-4-7-19(35-3)8-5-16/h4-10,22,25H,11-13,28H2,1-3H3/t22-,25-/m1/s1. The first-order chi connectivity index (χ1) is 19.1. The van der Waals surface area contributed by atoms with Gasteiger partial charge in [-0.25, -0.2) is 9.59 Å². The van der Waals surface area contributed by atoms with Crippen molar-refractivity contribution in [1.82, 2.24) is 4.90 Å². The van der Waals surface area contributed by atoms with Gasteiger partial charge in [-0.1, -0.05) is 12.1 Å². The van der Waals surface area contributed by atoms with Crippen LogP contribution in [0.5, 0.6) is 17.2 Å². The van der Waals surface area contributed by atoms with Gasteiger partial charge in [0, 0.05) is 25.2 Å². The quantitative estimate of drug-likeness (QED) is 0.265. The van der Waals surface area contributed by atoms with Gasteiger partial charge < -0.3 is 29.4 Å². The number of methoxy groups -OCH3 is 1. The molecule has 4 rings (SSSR count). The Labute approximate surface area is 233 Å². The van der Waals surface area contributed by atoms with Crippen molar-refractivity contribution in [3.8, 4) is 17.2 Å². The molecule has 12 nitrogen and oxygen atoms in total. The maximum Gasteiger partial charge on any atom is 0.355 e. The summed E-state index contributed by atoms with van der Waals surface area (Å²) in [5, 5.41) is -0.435. The summed E-state index contributed by atoms with van der Waals surface area (Å²) < 4.78 is 26.1. The van der Waals surface area contributed by atoms with Crippen LogP contribution >= 0.6 is 11.8 Å². The number of amides is 1. The summed E-state index contributed by atoms with van der Waals surface area (Å²) >= 11 is 1.34. The van der Waals surface area contributed by atoms with E-state index in [1.807, 2.05) is 0 Å². The molecule has 1 saturated heterocycles. The number of nitrogens with zero attached hydrogens (tertiary/aromatic N) is 1. The molecule has 0 radical (unpaired) electrons. The van der Waals surface area contributed by atoms with E-state index >= 15 is 0 Å². The lowest BCUT2D eigenvalue weighted by atomic mass is 10.0. The van der Waals surface area contributed by atoms with Crippen LogP contribution in [0.15, 0.2) is 53.7 Å². The van der Waals surface area contributed by atoms with Crippen LogP contribution in [0.4, 0.5) is 0 Å². The largest absolute Gasteiger partial charge is 0.497 e. The first kappa shape index (κ1) is 28.6. The molecule has 2 aromatic carbocycles. The topological polar surface area (TPSA) is 161 Å². The monoisotopic (exact) mass is 570 g/mol. The highest BCUT2D eigenvalue weighted by Crippen LogP contribution is 2.40. The molecule has 2 N–H and O–H groups in total. The summed E-state index contributed by atoms with van der Waals surface area (Å²) in [5.74, 6) is -2.60. The molecule has 2 aliphatic heterocycles. The van der Waals surface area contributed by atoms with E-state index in [4.69, 9.17) is 29.4 Å². The average Bonchev–Trinajstić information content (AvgIpc) is 2.94. The molecule has 2 heterocycles. The SMILES string of the molecule is COc1ccc(COC(=O)C2=C(COC(=O)c3ccc(OC(C)=O)c(OC(C)=O)c3)CS[C@@H]3[C@H](N)C(=O)N23)cc1. The zero-order chi connectivity index (χ0) is 29.0. The highest BCUT2D eigenvalue weighted by atomic mass is 32.2. The number of hydrogen-bond acceptors (Lipinski definition) is 12. The van der Waals surface area contributed by atoms with Gasteiger partial charge in [-0.2, -0.15) is 0 Å². The van der Waals surface area contributed by atoms with Crippen LogP contribution in [-0.4, -0.2) is 65.6 Å². The molecular formula is C27H26N2O10S. The van der Waals surface area contributed by atoms with Crippen molar-refractivity contribution in [2.45, 2.75) is 31.9 Å². The van der Waals surface area contributed by atoms with Crippen LogP contribution in [0.25, 0.3) is 0 Å². The molecule has 40 heavy (non-hydrogen) atoms. The van der Waals surface area contributed by atoms with Crippen molar-refractivity contribution < 1.29 is 47.7 Å². The summed E-state index contributed by atoms with van der Waals surface area (Å²) in [5.41, 5.74) is 6.98. The molecule has 210 valence electrons. The number of hydrogen-bond donors (Lipinski definition) is 1. The van der Waals surface area contributed by atoms with E-state index in [-0.39, 0.29) is 41.7 Å². The normalized spacial score (nSPS) is 17.8. The lowest BCUT2D eigenvalue weighted by Crippen LogP contribution is -2.68. The van der Waals surface area contributed by atoms with E-state index in [1.165, 1.54) is 41.8 Å². The molecule has 2 aromatic rings. The van der Waals surface area contributed by atoms with Crippen molar-refractivity contribution in [3.63, 3.8) is 0 Å². The third kappa shape index (κ3) is 6.26. The van der Waals surface area contributed by atoms with Crippen LogP contribution in [0.1, 0.15) is 29.8 Å². The Hall–Kier alpha value is -4.36. The van der Waals surface area contributed by atoms with Crippen LogP contribution < -0.4 is 19.9 Å². The second-order valence-corrected chi connectivity index (χ2v) is 9.84. The molecule has 0 spiro atoms. The maximum absolute atomic E-state index is 13.2. The molecule has 13 heteroatoms. The van der Waals surface area contributed by atoms with Gasteiger partial charge in [0.2, 0.25) is 5.91 Å². The van der Waals surface area contributed by atoms with Gasteiger partial charge in [0.25, 0.3) is 0 Å². The van der Waals surface area contributed by atoms with E-state index in [2.05, 4.69) is 0 Å². The molecule has 0 saturated carbocycles. The van der Waals surface area contributed by atoms with Gasteiger partial charge in [-0.05, 0) is 35.9 Å². The zero-order valence-electron chi connectivity index (χ0n) is 21.8. The van der Waals surface area contributed by atoms with E-state index in [1.54, 1.807) is 31.4 Å². The van der Waals surface area contributed by atoms with Crippen LogP contribution in [-0.2, 0) is 35.3 Å². The minimum absolute atomic E-state index is 0.000211. The van der Waals surface area contributed by atoms with Crippen molar-refractivity contribution >= 4 is 41.5 Å². The second kappa shape index (κ2) is 12.2. The number of esters is 4. The summed E-state index contributed by atoms with van der Waals surface area (Å²) in [6, 6.07) is 10.00. The Morgan fingerprint density at radius 2 is 1.57 bits per heavy atom. The molecule has 1 amide bonds. The van der Waals surface area contributed by atoms with Crippen molar-refractivity contribution in [3.05, 3.63) is 64.9 Å². The summed E-state index contributed by atoms with van der Waals surface area (Å²) in [6.07, 6.45) is 0. The number of thioether (sulfide) groups is 1. The first-order valence-corrected chi connectivity index (χ1v) is 13.0. The summed E-state index contributed by atoms with van der Waals surface area (Å²) in [7, 11) is 1.54. The second-order valence-electron chi connectivity index (χ2n) is 8.74. The van der Waals surface area contributed by atoms with E-state index in [0.29, 0.717) is 16.9 Å². The number of carbonyl (C=O) groups excluding carboxylic acids is 5. The summed E-state index contributed by atoms with van der Waals surface area (Å²) in [4.78, 5) is 62.6. The van der Waals surface area contributed by atoms with Gasteiger partial charge in [-0.15, -0.1) is 11.8 Å². The fraction of sp³-hybridized carbons (Fsp3) is 0.296. The fourth-order valence-corrected chi connectivity index (χ4v) is 5.24. The number of rotatable bonds is 9. The number of benzene rings is 2. The van der Waals surface area contributed by atoms with E-state index in [0.717, 1.165) is 6.92 Å². The molecule has 2 aliphatic rings. The smallest absolute Gasteiger partial charge is 0.355 e. The molecule has 0 aliphatic carbocycles. The summed E-state index contributed by atoms with van der Waals surface area (Å²) in [6.45, 7) is 1.95. The number of carbonyl (C=O) groups is 5. The van der Waals surface area contributed by atoms with Crippen molar-refractivity contribution in [2.24, 2.45) is 5.73 Å². The molecule has 1 fully saturated rings. The number of fused-ring (bicyclic) bond motifs is 1. The minimum atomic E-state index is -0.806. The molecule has 0 bridgehead atoms. The lowest BCUT2D eigenvalue weighted by Gasteiger charge is -2.48. The highest BCUT2D eigenvalue weighted by Gasteiger charge is 2.52. The third-order valence-corrected chi connectivity index (χ3v) is 7.24. The highest BCUT2D eigenvalue weighted by molar-refractivity contribution is 8.00. The molecular weight excluding hydrogens is 544 g/mol. The Kier molecular flexibility index (Phi) is 8.75. The molecule has 0 unspecified atom stereocenters. The average molecular weight is 571 g/mol. The lowest BCUT2D eigenvalue weighted by molar-refractivity contribution is -0.151. The third-order valence-electron chi connectivity index (χ3n) is 5.88. The predicted molar refractivity (Wildman–Crippen MR) is 140 cm³/mol. The molecule has 2 atom stereocenters. The van der Waals surface area contributed by atoms with Crippen LogP contribution in [0, 0.1) is 0 Å². The predicted octanol–water partition coefficient (Wildman–Crippen LogP) is 1.94. The van der Waals surface area contributed by atoms with Gasteiger partial charge in [-0.3, -0.25) is 19.3 Å². The number of ether oxygens (including phenoxy) is 5. The first-order valence-electron chi connectivity index (χ1n) is 12.0.